The van der Waals surface area contributed by atoms with Gasteiger partial charge in [0.1, 0.15) is 0 Å². The van der Waals surface area contributed by atoms with Gasteiger partial charge in [0, 0.05) is 16.5 Å². The van der Waals surface area contributed by atoms with Crippen LogP contribution in [0, 0.1) is 6.92 Å². The number of fused-ring (bicyclic) bond motifs is 1. The number of aryl methyl sites for hydroxylation is 1. The molecule has 0 amide bonds. The smallest absolute Gasteiger partial charge is 0.0514 e. The van der Waals surface area contributed by atoms with Gasteiger partial charge >= 0.3 is 0 Å². The van der Waals surface area contributed by atoms with Crippen LogP contribution in [0.25, 0.3) is 10.8 Å². The van der Waals surface area contributed by atoms with Crippen molar-refractivity contribution in [1.29, 1.82) is 0 Å². The van der Waals surface area contributed by atoms with E-state index in [1.807, 2.05) is 12.3 Å². The first kappa shape index (κ1) is 8.57. The molecule has 2 aromatic rings. The number of nitrogens with zero attached hydrogens (tertiary/aromatic N) is 1. The highest BCUT2D eigenvalue weighted by molar-refractivity contribution is 7.98. The van der Waals surface area contributed by atoms with Crippen molar-refractivity contribution in [1.82, 2.24) is 4.98 Å². The molecular formula is C11H11NS. The van der Waals surface area contributed by atoms with Gasteiger partial charge in [-0.2, -0.15) is 0 Å². The van der Waals surface area contributed by atoms with Crippen LogP contribution in [0.4, 0.5) is 0 Å². The van der Waals surface area contributed by atoms with Crippen molar-refractivity contribution in [2.75, 3.05) is 6.26 Å². The van der Waals surface area contributed by atoms with Gasteiger partial charge in [0.2, 0.25) is 0 Å². The predicted octanol–water partition coefficient (Wildman–Crippen LogP) is 3.27. The van der Waals surface area contributed by atoms with E-state index < -0.39 is 0 Å². The Balaban J connectivity index is 2.84. The molecule has 0 radical (unpaired) electrons. The van der Waals surface area contributed by atoms with Gasteiger partial charge in [0.25, 0.3) is 0 Å². The van der Waals surface area contributed by atoms with E-state index in [0.717, 1.165) is 5.69 Å². The molecule has 1 aromatic heterocycles. The highest BCUT2D eigenvalue weighted by Gasteiger charge is 2.02. The van der Waals surface area contributed by atoms with Crippen LogP contribution in [0.2, 0.25) is 0 Å². The number of rotatable bonds is 1. The second-order valence-electron chi connectivity index (χ2n) is 2.96. The molecule has 0 bridgehead atoms. The van der Waals surface area contributed by atoms with E-state index in [1.54, 1.807) is 11.8 Å². The normalized spacial score (nSPS) is 10.6. The van der Waals surface area contributed by atoms with E-state index in [4.69, 9.17) is 0 Å². The van der Waals surface area contributed by atoms with Crippen LogP contribution < -0.4 is 0 Å². The van der Waals surface area contributed by atoms with Gasteiger partial charge in [-0.25, -0.2) is 0 Å². The Morgan fingerprint density at radius 3 is 2.77 bits per heavy atom. The number of aromatic nitrogens is 1. The van der Waals surface area contributed by atoms with Crippen molar-refractivity contribution in [3.05, 3.63) is 36.2 Å². The van der Waals surface area contributed by atoms with Crippen molar-refractivity contribution < 1.29 is 0 Å². The highest BCUT2D eigenvalue weighted by atomic mass is 32.2. The van der Waals surface area contributed by atoms with E-state index in [1.165, 1.54) is 15.7 Å². The molecule has 66 valence electrons. The van der Waals surface area contributed by atoms with Gasteiger partial charge in [0.15, 0.2) is 0 Å². The van der Waals surface area contributed by atoms with Crippen LogP contribution in [0.1, 0.15) is 5.69 Å². The third-order valence-electron chi connectivity index (χ3n) is 2.14. The summed E-state index contributed by atoms with van der Waals surface area (Å²) in [7, 11) is 0. The lowest BCUT2D eigenvalue weighted by Gasteiger charge is -2.05. The van der Waals surface area contributed by atoms with E-state index in [0.29, 0.717) is 0 Å². The van der Waals surface area contributed by atoms with Gasteiger partial charge in [-0.1, -0.05) is 24.3 Å². The maximum Gasteiger partial charge on any atom is 0.0514 e. The van der Waals surface area contributed by atoms with Crippen LogP contribution in [-0.4, -0.2) is 11.2 Å². The molecule has 2 heteroatoms. The average Bonchev–Trinajstić information content (AvgIpc) is 2.18. The largest absolute Gasteiger partial charge is 0.260 e. The number of benzene rings is 1. The van der Waals surface area contributed by atoms with E-state index in [-0.39, 0.29) is 0 Å². The summed E-state index contributed by atoms with van der Waals surface area (Å²) < 4.78 is 0. The second-order valence-corrected chi connectivity index (χ2v) is 3.78. The van der Waals surface area contributed by atoms with Gasteiger partial charge in [0.05, 0.1) is 5.69 Å². The Hall–Kier alpha value is -1.02. The standard InChI is InChI=1S/C11H11NS/c1-8-11(13-2)10-6-4-3-5-9(10)7-12-8/h3-7H,1-2H3. The van der Waals surface area contributed by atoms with E-state index in [2.05, 4.69) is 36.4 Å². The lowest BCUT2D eigenvalue weighted by Crippen LogP contribution is -1.86. The molecule has 2 rings (SSSR count). The molecular weight excluding hydrogens is 178 g/mol. The zero-order chi connectivity index (χ0) is 9.26. The summed E-state index contributed by atoms with van der Waals surface area (Å²) in [4.78, 5) is 5.65. The van der Waals surface area contributed by atoms with Crippen LogP contribution in [0.5, 0.6) is 0 Å². The topological polar surface area (TPSA) is 12.9 Å². The summed E-state index contributed by atoms with van der Waals surface area (Å²) in [5, 5.41) is 2.53. The Morgan fingerprint density at radius 1 is 1.23 bits per heavy atom. The molecule has 1 nitrogen and oxygen atoms in total. The minimum absolute atomic E-state index is 1.12. The Labute approximate surface area is 82.2 Å². The minimum Gasteiger partial charge on any atom is -0.260 e. The van der Waals surface area contributed by atoms with Crippen LogP contribution >= 0.6 is 11.8 Å². The van der Waals surface area contributed by atoms with E-state index in [9.17, 15) is 0 Å². The van der Waals surface area contributed by atoms with Crippen molar-refractivity contribution in [2.24, 2.45) is 0 Å². The molecule has 0 saturated carbocycles. The fourth-order valence-corrected chi connectivity index (χ4v) is 2.25. The van der Waals surface area contributed by atoms with Crippen LogP contribution in [0.15, 0.2) is 35.4 Å². The molecule has 0 N–H and O–H groups in total. The number of hydrogen-bond donors (Lipinski definition) is 0. The third kappa shape index (κ3) is 1.42. The SMILES string of the molecule is CSc1c(C)ncc2ccccc12. The fraction of sp³-hybridized carbons (Fsp3) is 0.182. The molecule has 0 atom stereocenters. The van der Waals surface area contributed by atoms with Crippen LogP contribution in [-0.2, 0) is 0 Å². The van der Waals surface area contributed by atoms with Gasteiger partial charge in [-0.3, -0.25) is 4.98 Å². The van der Waals surface area contributed by atoms with Crippen molar-refractivity contribution >= 4 is 22.5 Å². The van der Waals surface area contributed by atoms with Gasteiger partial charge in [-0.15, -0.1) is 11.8 Å². The Bertz CT molecular complexity index is 437. The summed E-state index contributed by atoms with van der Waals surface area (Å²) in [6.45, 7) is 2.05. The van der Waals surface area contributed by atoms with Gasteiger partial charge < -0.3 is 0 Å². The van der Waals surface area contributed by atoms with E-state index >= 15 is 0 Å². The molecule has 1 aromatic carbocycles. The first-order valence-electron chi connectivity index (χ1n) is 4.21. The van der Waals surface area contributed by atoms with Crippen molar-refractivity contribution in [2.45, 2.75) is 11.8 Å². The monoisotopic (exact) mass is 189 g/mol. The molecule has 0 aliphatic carbocycles. The summed E-state index contributed by atoms with van der Waals surface area (Å²) in [6, 6.07) is 8.36. The fourth-order valence-electron chi connectivity index (χ4n) is 1.49. The average molecular weight is 189 g/mol. The molecule has 0 unspecified atom stereocenters. The zero-order valence-electron chi connectivity index (χ0n) is 7.74. The van der Waals surface area contributed by atoms with Crippen molar-refractivity contribution in [3.8, 4) is 0 Å². The molecule has 0 spiro atoms. The molecule has 1 heterocycles. The Morgan fingerprint density at radius 2 is 2.00 bits per heavy atom. The number of pyridine rings is 1. The molecule has 0 fully saturated rings. The third-order valence-corrected chi connectivity index (χ3v) is 3.06. The quantitative estimate of drug-likeness (QED) is 0.639. The maximum atomic E-state index is 4.36. The first-order chi connectivity index (χ1) is 6.33. The summed E-state index contributed by atoms with van der Waals surface area (Å²) in [5.74, 6) is 0. The van der Waals surface area contributed by atoms with Crippen molar-refractivity contribution in [3.63, 3.8) is 0 Å². The highest BCUT2D eigenvalue weighted by Crippen LogP contribution is 2.27. The number of hydrogen-bond acceptors (Lipinski definition) is 2. The molecule has 0 aliphatic rings. The Kier molecular flexibility index (Phi) is 2.23. The molecule has 0 aliphatic heterocycles. The van der Waals surface area contributed by atoms with Crippen LogP contribution in [0.3, 0.4) is 0 Å². The summed E-state index contributed by atoms with van der Waals surface area (Å²) in [5.41, 5.74) is 1.12. The predicted molar refractivity (Wildman–Crippen MR) is 58.3 cm³/mol. The number of thioether (sulfide) groups is 1. The first-order valence-corrected chi connectivity index (χ1v) is 5.43. The zero-order valence-corrected chi connectivity index (χ0v) is 8.56. The maximum absolute atomic E-state index is 4.36. The van der Waals surface area contributed by atoms with Gasteiger partial charge in [-0.05, 0) is 18.6 Å². The second kappa shape index (κ2) is 3.38. The summed E-state index contributed by atoms with van der Waals surface area (Å²) >= 11 is 1.76. The molecule has 13 heavy (non-hydrogen) atoms. The molecule has 0 saturated heterocycles. The lowest BCUT2D eigenvalue weighted by atomic mass is 10.1. The summed E-state index contributed by atoms with van der Waals surface area (Å²) in [6.07, 6.45) is 4.03. The minimum atomic E-state index is 1.12. The lowest BCUT2D eigenvalue weighted by molar-refractivity contribution is 1.15.